The molecule has 0 saturated heterocycles. The zero-order valence-corrected chi connectivity index (χ0v) is 13.6. The Kier molecular flexibility index (Phi) is 5.88. The minimum atomic E-state index is -3.77. The van der Waals surface area contributed by atoms with E-state index in [1.54, 1.807) is 24.3 Å². The van der Waals surface area contributed by atoms with Crippen molar-refractivity contribution in [2.24, 2.45) is 5.14 Å². The number of sulfonamides is 1. The summed E-state index contributed by atoms with van der Waals surface area (Å²) >= 11 is 0. The second kappa shape index (κ2) is 7.89. The molecule has 2 aromatic carbocycles. The van der Waals surface area contributed by atoms with Crippen molar-refractivity contribution >= 4 is 16.1 Å². The lowest BCUT2D eigenvalue weighted by Gasteiger charge is -2.08. The van der Waals surface area contributed by atoms with Crippen molar-refractivity contribution < 1.29 is 17.6 Å². The molecule has 0 heterocycles. The van der Waals surface area contributed by atoms with E-state index in [4.69, 9.17) is 5.14 Å². The van der Waals surface area contributed by atoms with E-state index >= 15 is 0 Å². The van der Waals surface area contributed by atoms with Crippen LogP contribution in [0.5, 0.6) is 0 Å². The van der Waals surface area contributed by atoms with E-state index in [0.717, 1.165) is 5.56 Å². The molecule has 0 fully saturated rings. The van der Waals surface area contributed by atoms with Gasteiger partial charge < -0.3 is 10.6 Å². The molecular weight excluding hydrogens is 333 g/mol. The van der Waals surface area contributed by atoms with Gasteiger partial charge in [0.15, 0.2) is 0 Å². The molecule has 0 radical (unpaired) electrons. The van der Waals surface area contributed by atoms with Gasteiger partial charge in [-0.3, -0.25) is 0 Å². The highest BCUT2D eigenvalue weighted by Crippen LogP contribution is 2.09. The Morgan fingerprint density at radius 2 is 1.75 bits per heavy atom. The molecule has 4 N–H and O–H groups in total. The number of hydrogen-bond acceptors (Lipinski definition) is 3. The first-order valence-corrected chi connectivity index (χ1v) is 8.77. The third kappa shape index (κ3) is 5.64. The van der Waals surface area contributed by atoms with E-state index in [1.165, 1.54) is 24.3 Å². The van der Waals surface area contributed by atoms with Gasteiger partial charge in [-0.2, -0.15) is 0 Å². The molecule has 128 valence electrons. The van der Waals surface area contributed by atoms with Crippen molar-refractivity contribution in [3.8, 4) is 0 Å². The van der Waals surface area contributed by atoms with Gasteiger partial charge in [-0.15, -0.1) is 0 Å². The molecule has 0 bridgehead atoms. The van der Waals surface area contributed by atoms with Crippen LogP contribution >= 0.6 is 0 Å². The summed E-state index contributed by atoms with van der Waals surface area (Å²) in [7, 11) is -3.77. The Hall–Kier alpha value is -2.45. The monoisotopic (exact) mass is 351 g/mol. The summed E-state index contributed by atoms with van der Waals surface area (Å²) in [6.07, 6.45) is 0.578. The molecule has 0 aromatic heterocycles. The normalized spacial score (nSPS) is 11.1. The lowest BCUT2D eigenvalue weighted by atomic mass is 10.1. The van der Waals surface area contributed by atoms with Crippen LogP contribution in [0.15, 0.2) is 53.4 Å². The Labute approximate surface area is 139 Å². The topological polar surface area (TPSA) is 101 Å². The average Bonchev–Trinajstić information content (AvgIpc) is 2.54. The van der Waals surface area contributed by atoms with Crippen LogP contribution in [0.3, 0.4) is 0 Å². The molecule has 6 nitrogen and oxygen atoms in total. The molecule has 0 saturated carbocycles. The third-order valence-corrected chi connectivity index (χ3v) is 4.20. The van der Waals surface area contributed by atoms with E-state index < -0.39 is 10.0 Å². The van der Waals surface area contributed by atoms with Gasteiger partial charge in [0.05, 0.1) is 4.90 Å². The number of nitrogens with two attached hydrogens (primary N) is 1. The molecule has 0 aliphatic heterocycles. The molecule has 24 heavy (non-hydrogen) atoms. The predicted octanol–water partition coefficient (Wildman–Crippen LogP) is 1.52. The van der Waals surface area contributed by atoms with Crippen molar-refractivity contribution in [3.63, 3.8) is 0 Å². The fraction of sp³-hybridized carbons (Fsp3) is 0.188. The van der Waals surface area contributed by atoms with Crippen LogP contribution < -0.4 is 15.8 Å². The first kappa shape index (κ1) is 17.9. The van der Waals surface area contributed by atoms with Crippen LogP contribution in [0.25, 0.3) is 0 Å². The number of carbonyl (C=O) groups excluding carboxylic acids is 1. The number of nitrogens with one attached hydrogen (secondary N) is 2. The van der Waals surface area contributed by atoms with Gasteiger partial charge in [-0.1, -0.05) is 24.3 Å². The van der Waals surface area contributed by atoms with Crippen molar-refractivity contribution in [2.75, 3.05) is 6.54 Å². The zero-order valence-electron chi connectivity index (χ0n) is 12.8. The Morgan fingerprint density at radius 3 is 2.42 bits per heavy atom. The summed E-state index contributed by atoms with van der Waals surface area (Å²) in [4.78, 5) is 11.7. The van der Waals surface area contributed by atoms with Crippen molar-refractivity contribution in [1.82, 2.24) is 10.6 Å². The molecule has 2 amide bonds. The quantitative estimate of drug-likeness (QED) is 0.735. The number of hydrogen-bond donors (Lipinski definition) is 3. The van der Waals surface area contributed by atoms with Crippen molar-refractivity contribution in [2.45, 2.75) is 17.9 Å². The lowest BCUT2D eigenvalue weighted by Crippen LogP contribution is -2.36. The maximum Gasteiger partial charge on any atom is 0.315 e. The molecule has 0 aliphatic rings. The number of amides is 2. The van der Waals surface area contributed by atoms with Gasteiger partial charge in [0.1, 0.15) is 5.82 Å². The highest BCUT2D eigenvalue weighted by molar-refractivity contribution is 7.89. The van der Waals surface area contributed by atoms with Crippen LogP contribution in [-0.4, -0.2) is 21.0 Å². The molecule has 0 aliphatic carbocycles. The minimum absolute atomic E-state index is 0.00137. The smallest absolute Gasteiger partial charge is 0.315 e. The summed E-state index contributed by atoms with van der Waals surface area (Å²) in [5.41, 5.74) is 1.53. The number of benzene rings is 2. The first-order chi connectivity index (χ1) is 11.3. The fourth-order valence-corrected chi connectivity index (χ4v) is 2.63. The van der Waals surface area contributed by atoms with E-state index in [0.29, 0.717) is 18.5 Å². The van der Waals surface area contributed by atoms with Crippen LogP contribution in [0.4, 0.5) is 9.18 Å². The van der Waals surface area contributed by atoms with Crippen LogP contribution in [0.2, 0.25) is 0 Å². The highest BCUT2D eigenvalue weighted by atomic mass is 32.2. The van der Waals surface area contributed by atoms with Crippen LogP contribution in [0.1, 0.15) is 11.1 Å². The maximum absolute atomic E-state index is 12.8. The number of primary sulfonamides is 1. The largest absolute Gasteiger partial charge is 0.338 e. The zero-order chi connectivity index (χ0) is 17.6. The van der Waals surface area contributed by atoms with Gasteiger partial charge in [0.25, 0.3) is 0 Å². The van der Waals surface area contributed by atoms with Gasteiger partial charge in [-0.05, 0) is 41.8 Å². The Morgan fingerprint density at radius 1 is 1.04 bits per heavy atom. The molecule has 0 spiro atoms. The summed E-state index contributed by atoms with van der Waals surface area (Å²) in [6, 6.07) is 11.7. The minimum Gasteiger partial charge on any atom is -0.338 e. The average molecular weight is 351 g/mol. The summed E-state index contributed by atoms with van der Waals surface area (Å²) < 4.78 is 35.3. The lowest BCUT2D eigenvalue weighted by molar-refractivity contribution is 0.240. The van der Waals surface area contributed by atoms with Gasteiger partial charge in [0.2, 0.25) is 10.0 Å². The van der Waals surface area contributed by atoms with Crippen molar-refractivity contribution in [1.29, 1.82) is 0 Å². The Bertz CT molecular complexity index is 808. The second-order valence-electron chi connectivity index (χ2n) is 5.18. The summed E-state index contributed by atoms with van der Waals surface area (Å²) in [6.45, 7) is 0.570. The predicted molar refractivity (Wildman–Crippen MR) is 88.2 cm³/mol. The molecule has 0 atom stereocenters. The van der Waals surface area contributed by atoms with Crippen LogP contribution in [-0.2, 0) is 23.0 Å². The van der Waals surface area contributed by atoms with E-state index in [-0.39, 0.29) is 23.3 Å². The number of rotatable bonds is 6. The molecule has 2 rings (SSSR count). The highest BCUT2D eigenvalue weighted by Gasteiger charge is 2.08. The number of urea groups is 1. The SMILES string of the molecule is NS(=O)(=O)c1cccc(CNC(=O)NCCc2ccc(F)cc2)c1. The third-order valence-electron chi connectivity index (χ3n) is 3.29. The molecule has 0 unspecified atom stereocenters. The summed E-state index contributed by atoms with van der Waals surface area (Å²) in [5, 5.41) is 10.4. The number of carbonyl (C=O) groups is 1. The molecule has 2 aromatic rings. The first-order valence-electron chi connectivity index (χ1n) is 7.22. The van der Waals surface area contributed by atoms with Gasteiger partial charge in [0, 0.05) is 13.1 Å². The van der Waals surface area contributed by atoms with Crippen molar-refractivity contribution in [3.05, 3.63) is 65.5 Å². The van der Waals surface area contributed by atoms with E-state index in [9.17, 15) is 17.6 Å². The standard InChI is InChI=1S/C16H18FN3O3S/c17-14-6-4-12(5-7-14)8-9-19-16(21)20-11-13-2-1-3-15(10-13)24(18,22)23/h1-7,10H,8-9,11H2,(H2,18,22,23)(H2,19,20,21). The Balaban J connectivity index is 1.78. The molecular formula is C16H18FN3O3S. The molecule has 8 heteroatoms. The van der Waals surface area contributed by atoms with E-state index in [2.05, 4.69) is 10.6 Å². The van der Waals surface area contributed by atoms with E-state index in [1.807, 2.05) is 0 Å². The number of halogens is 1. The maximum atomic E-state index is 12.8. The second-order valence-corrected chi connectivity index (χ2v) is 6.74. The van der Waals surface area contributed by atoms with Gasteiger partial charge >= 0.3 is 6.03 Å². The van der Waals surface area contributed by atoms with Gasteiger partial charge in [-0.25, -0.2) is 22.7 Å². The van der Waals surface area contributed by atoms with Crippen LogP contribution in [0, 0.1) is 5.82 Å². The summed E-state index contributed by atoms with van der Waals surface area (Å²) in [5.74, 6) is -0.300. The fourth-order valence-electron chi connectivity index (χ4n) is 2.05.